The number of fused-ring (bicyclic) bond motifs is 1. The van der Waals surface area contributed by atoms with Gasteiger partial charge >= 0.3 is 0 Å². The quantitative estimate of drug-likeness (QED) is 0.754. The number of nitrogens with one attached hydrogen (secondary N) is 1. The molecule has 0 spiro atoms. The van der Waals surface area contributed by atoms with Crippen molar-refractivity contribution in [2.75, 3.05) is 0 Å². The molecule has 0 unspecified atom stereocenters. The molecule has 96 valence electrons. The van der Waals surface area contributed by atoms with Crippen LogP contribution in [-0.4, -0.2) is 10.1 Å². The smallest absolute Gasteiger partial charge is 0.139 e. The number of aromatic amines is 1. The zero-order chi connectivity index (χ0) is 13.2. The molecule has 0 bridgehead atoms. The van der Waals surface area contributed by atoms with Gasteiger partial charge in [0.25, 0.3) is 0 Å². The van der Waals surface area contributed by atoms with E-state index in [1.54, 1.807) is 12.1 Å². The van der Waals surface area contributed by atoms with Crippen molar-refractivity contribution in [3.05, 3.63) is 59.2 Å². The topological polar surface area (TPSA) is 45.2 Å². The summed E-state index contributed by atoms with van der Waals surface area (Å²) in [4.78, 5) is 3.14. The van der Waals surface area contributed by atoms with E-state index in [0.29, 0.717) is 17.4 Å². The van der Waals surface area contributed by atoms with Gasteiger partial charge in [-0.15, -0.1) is 0 Å². The molecule has 0 fully saturated rings. The lowest BCUT2D eigenvalue weighted by Crippen LogP contribution is -1.95. The molecule has 3 nitrogen and oxygen atoms in total. The molecule has 3 rings (SSSR count). The first-order valence-electron chi connectivity index (χ1n) is 5.91. The Morgan fingerprint density at radius 2 is 1.95 bits per heavy atom. The number of phenolic OH excluding ortho intramolecular Hbond substituents is 1. The molecule has 0 aliphatic carbocycles. The maximum atomic E-state index is 9.72. The first-order chi connectivity index (χ1) is 9.24. The summed E-state index contributed by atoms with van der Waals surface area (Å²) >= 11 is 6.02. The van der Waals surface area contributed by atoms with Crippen LogP contribution in [0.5, 0.6) is 11.5 Å². The summed E-state index contributed by atoms with van der Waals surface area (Å²) in [6.07, 6.45) is 0. The molecule has 0 atom stereocenters. The number of halogens is 1. The largest absolute Gasteiger partial charge is 0.506 e. The van der Waals surface area contributed by atoms with Crippen molar-refractivity contribution in [3.8, 4) is 11.5 Å². The Morgan fingerprint density at radius 1 is 1.11 bits per heavy atom. The van der Waals surface area contributed by atoms with E-state index in [1.807, 2.05) is 36.4 Å². The number of H-pyrrole nitrogens is 1. The van der Waals surface area contributed by atoms with Crippen LogP contribution >= 0.6 is 11.6 Å². The van der Waals surface area contributed by atoms with Gasteiger partial charge in [0.2, 0.25) is 0 Å². The van der Waals surface area contributed by atoms with Crippen LogP contribution in [0.4, 0.5) is 0 Å². The average molecular weight is 274 g/mol. The average Bonchev–Trinajstić information content (AvgIpc) is 2.82. The molecule has 0 radical (unpaired) electrons. The van der Waals surface area contributed by atoms with Gasteiger partial charge < -0.3 is 14.8 Å². The zero-order valence-corrected chi connectivity index (χ0v) is 10.8. The number of para-hydroxylation sites is 2. The third-order valence-corrected chi connectivity index (χ3v) is 3.22. The van der Waals surface area contributed by atoms with E-state index < -0.39 is 0 Å². The Bertz CT molecular complexity index is 721. The highest BCUT2D eigenvalue weighted by atomic mass is 35.5. The molecule has 0 saturated heterocycles. The second-order valence-electron chi connectivity index (χ2n) is 4.26. The predicted molar refractivity (Wildman–Crippen MR) is 75.7 cm³/mol. The van der Waals surface area contributed by atoms with Gasteiger partial charge in [-0.2, -0.15) is 0 Å². The molecule has 19 heavy (non-hydrogen) atoms. The van der Waals surface area contributed by atoms with Crippen molar-refractivity contribution >= 4 is 22.5 Å². The lowest BCUT2D eigenvalue weighted by atomic mass is 10.2. The summed E-state index contributed by atoms with van der Waals surface area (Å²) in [5.41, 5.74) is 1.61. The molecule has 2 aromatic carbocycles. The lowest BCUT2D eigenvalue weighted by Gasteiger charge is -2.05. The van der Waals surface area contributed by atoms with Gasteiger partial charge in [-0.1, -0.05) is 35.9 Å². The van der Waals surface area contributed by atoms with E-state index >= 15 is 0 Å². The fraction of sp³-hybridized carbons (Fsp3) is 0.0667. The number of rotatable bonds is 3. The third kappa shape index (κ3) is 2.37. The Hall–Kier alpha value is -2.13. The van der Waals surface area contributed by atoms with Gasteiger partial charge in [-0.25, -0.2) is 0 Å². The SMILES string of the molecule is Oc1cccc2cc(COc3ccccc3Cl)[nH]c12. The van der Waals surface area contributed by atoms with E-state index in [2.05, 4.69) is 4.98 Å². The van der Waals surface area contributed by atoms with Gasteiger partial charge in [-0.3, -0.25) is 0 Å². The summed E-state index contributed by atoms with van der Waals surface area (Å²) in [7, 11) is 0. The number of ether oxygens (including phenoxy) is 1. The number of phenols is 1. The van der Waals surface area contributed by atoms with Gasteiger partial charge in [-0.05, 0) is 24.3 Å². The van der Waals surface area contributed by atoms with Crippen molar-refractivity contribution in [1.29, 1.82) is 0 Å². The first-order valence-corrected chi connectivity index (χ1v) is 6.29. The second-order valence-corrected chi connectivity index (χ2v) is 4.66. The highest BCUT2D eigenvalue weighted by Crippen LogP contribution is 2.27. The van der Waals surface area contributed by atoms with Crippen LogP contribution < -0.4 is 4.74 Å². The number of benzene rings is 2. The highest BCUT2D eigenvalue weighted by molar-refractivity contribution is 6.32. The van der Waals surface area contributed by atoms with Gasteiger partial charge in [0, 0.05) is 5.39 Å². The third-order valence-electron chi connectivity index (χ3n) is 2.91. The normalized spacial score (nSPS) is 10.8. The molecule has 4 heteroatoms. The summed E-state index contributed by atoms with van der Waals surface area (Å²) in [5.74, 6) is 0.883. The lowest BCUT2D eigenvalue weighted by molar-refractivity contribution is 0.302. The molecular formula is C15H12ClNO2. The van der Waals surface area contributed by atoms with Crippen molar-refractivity contribution in [1.82, 2.24) is 4.98 Å². The van der Waals surface area contributed by atoms with E-state index in [9.17, 15) is 5.11 Å². The number of aromatic hydroxyl groups is 1. The van der Waals surface area contributed by atoms with Crippen LogP contribution in [0.3, 0.4) is 0 Å². The Balaban J connectivity index is 1.83. The Morgan fingerprint density at radius 3 is 2.74 bits per heavy atom. The van der Waals surface area contributed by atoms with E-state index in [1.165, 1.54) is 0 Å². The van der Waals surface area contributed by atoms with Gasteiger partial charge in [0.1, 0.15) is 18.1 Å². The molecule has 0 saturated carbocycles. The number of hydrogen-bond donors (Lipinski definition) is 2. The van der Waals surface area contributed by atoms with Gasteiger partial charge in [0.15, 0.2) is 0 Å². The molecule has 3 aromatic rings. The first kappa shape index (κ1) is 11.9. The van der Waals surface area contributed by atoms with Crippen LogP contribution in [0.15, 0.2) is 48.5 Å². The molecule has 1 aromatic heterocycles. The maximum Gasteiger partial charge on any atom is 0.139 e. The molecule has 0 aliphatic heterocycles. The van der Waals surface area contributed by atoms with Crippen molar-refractivity contribution in [2.45, 2.75) is 6.61 Å². The van der Waals surface area contributed by atoms with Gasteiger partial charge in [0.05, 0.1) is 16.2 Å². The Kier molecular flexibility index (Phi) is 3.05. The minimum Gasteiger partial charge on any atom is -0.506 e. The maximum absolute atomic E-state index is 9.72. The summed E-state index contributed by atoms with van der Waals surface area (Å²) in [6.45, 7) is 0.373. The van der Waals surface area contributed by atoms with E-state index in [4.69, 9.17) is 16.3 Å². The monoisotopic (exact) mass is 273 g/mol. The molecule has 2 N–H and O–H groups in total. The van der Waals surface area contributed by atoms with E-state index in [0.717, 1.165) is 16.6 Å². The van der Waals surface area contributed by atoms with Crippen LogP contribution in [0.2, 0.25) is 5.02 Å². The van der Waals surface area contributed by atoms with Crippen molar-refractivity contribution in [2.24, 2.45) is 0 Å². The summed E-state index contributed by atoms with van der Waals surface area (Å²) < 4.78 is 5.65. The standard InChI is InChI=1S/C15H12ClNO2/c16-12-5-1-2-7-14(12)19-9-11-8-10-4-3-6-13(18)15(10)17-11/h1-8,17-18H,9H2. The fourth-order valence-corrected chi connectivity index (χ4v) is 2.18. The highest BCUT2D eigenvalue weighted by Gasteiger charge is 2.06. The summed E-state index contributed by atoms with van der Waals surface area (Å²) in [6, 6.07) is 14.7. The number of aromatic nitrogens is 1. The van der Waals surface area contributed by atoms with Crippen LogP contribution in [-0.2, 0) is 6.61 Å². The molecule has 0 aliphatic rings. The molecule has 0 amide bonds. The minimum absolute atomic E-state index is 0.237. The van der Waals surface area contributed by atoms with Crippen molar-refractivity contribution in [3.63, 3.8) is 0 Å². The predicted octanol–water partition coefficient (Wildman–Crippen LogP) is 4.11. The fourth-order valence-electron chi connectivity index (χ4n) is 1.99. The molecule has 1 heterocycles. The molecular weight excluding hydrogens is 262 g/mol. The van der Waals surface area contributed by atoms with Crippen molar-refractivity contribution < 1.29 is 9.84 Å². The Labute approximate surface area is 115 Å². The van der Waals surface area contributed by atoms with Crippen LogP contribution in [0.25, 0.3) is 10.9 Å². The zero-order valence-electron chi connectivity index (χ0n) is 10.1. The summed E-state index contributed by atoms with van der Waals surface area (Å²) in [5, 5.41) is 11.3. The second kappa shape index (κ2) is 4.86. The van der Waals surface area contributed by atoms with E-state index in [-0.39, 0.29) is 5.75 Å². The minimum atomic E-state index is 0.237. The number of hydrogen-bond acceptors (Lipinski definition) is 2. The van der Waals surface area contributed by atoms with Crippen LogP contribution in [0, 0.1) is 0 Å². The van der Waals surface area contributed by atoms with Crippen LogP contribution in [0.1, 0.15) is 5.69 Å².